The average Bonchev–Trinajstić information content (AvgIpc) is 2.72. The Balaban J connectivity index is 2.33. The normalized spacial score (nSPS) is 23.1. The van der Waals surface area contributed by atoms with Crippen LogP contribution in [0.4, 0.5) is 17.3 Å². The number of aliphatic hydroxyl groups is 1. The lowest BCUT2D eigenvalue weighted by Gasteiger charge is -2.24. The third kappa shape index (κ3) is 2.04. The van der Waals surface area contributed by atoms with Gasteiger partial charge in [-0.2, -0.15) is 0 Å². The molecule has 2 heterocycles. The molecule has 98 valence electrons. The second-order valence-electron chi connectivity index (χ2n) is 4.19. The largest absolute Gasteiger partial charge is 0.480 e. The zero-order chi connectivity index (χ0) is 13.3. The summed E-state index contributed by atoms with van der Waals surface area (Å²) in [5.74, 6) is -0.0554. The second-order valence-corrected chi connectivity index (χ2v) is 4.19. The molecule has 0 amide bonds. The van der Waals surface area contributed by atoms with E-state index in [1.54, 1.807) is 24.1 Å². The predicted octanol–water partition coefficient (Wildman–Crippen LogP) is -0.270. The van der Waals surface area contributed by atoms with Gasteiger partial charge in [0.05, 0.1) is 11.8 Å². The molecular weight excluding hydrogens is 236 g/mol. The minimum absolute atomic E-state index is 0.415. The fourth-order valence-electron chi connectivity index (χ4n) is 2.15. The van der Waals surface area contributed by atoms with Crippen molar-refractivity contribution in [1.29, 1.82) is 0 Å². The molecule has 1 aromatic rings. The number of aliphatic carboxylic acids is 1. The molecule has 0 spiro atoms. The van der Waals surface area contributed by atoms with E-state index in [0.29, 0.717) is 30.3 Å². The molecule has 2 unspecified atom stereocenters. The number of nitrogen functional groups attached to an aromatic ring is 1. The summed E-state index contributed by atoms with van der Waals surface area (Å²) in [5.41, 5.74) is 6.20. The molecule has 0 radical (unpaired) electrons. The molecular formula is C11H16N4O3. The van der Waals surface area contributed by atoms with Crippen LogP contribution in [0.1, 0.15) is 6.42 Å². The van der Waals surface area contributed by atoms with E-state index in [2.05, 4.69) is 10.3 Å². The number of aliphatic hydroxyl groups excluding tert-OH is 1. The standard InChI is InChI=1S/C11H16N4O3/c1-13-10-6(12)2-3-8(14-10)15-5-4-7(16)9(15)11(17)18/h2-3,7,9,16H,4-5,12H2,1H3,(H,13,14)(H,17,18). The van der Waals surface area contributed by atoms with Crippen LogP contribution in [0, 0.1) is 0 Å². The van der Waals surface area contributed by atoms with Crippen molar-refractivity contribution < 1.29 is 15.0 Å². The molecule has 1 saturated heterocycles. The van der Waals surface area contributed by atoms with Gasteiger partial charge in [0.15, 0.2) is 11.9 Å². The number of hydrogen-bond acceptors (Lipinski definition) is 6. The summed E-state index contributed by atoms with van der Waals surface area (Å²) >= 11 is 0. The maximum atomic E-state index is 11.1. The number of rotatable bonds is 3. The van der Waals surface area contributed by atoms with Crippen LogP contribution in [0.2, 0.25) is 0 Å². The highest BCUT2D eigenvalue weighted by Gasteiger charge is 2.39. The van der Waals surface area contributed by atoms with Gasteiger partial charge in [-0.3, -0.25) is 0 Å². The molecule has 0 saturated carbocycles. The fraction of sp³-hybridized carbons (Fsp3) is 0.455. The third-order valence-electron chi connectivity index (χ3n) is 3.06. The van der Waals surface area contributed by atoms with Gasteiger partial charge in [0, 0.05) is 13.6 Å². The minimum atomic E-state index is -1.05. The van der Waals surface area contributed by atoms with E-state index < -0.39 is 18.1 Å². The average molecular weight is 252 g/mol. The Morgan fingerprint density at radius 1 is 1.61 bits per heavy atom. The lowest BCUT2D eigenvalue weighted by Crippen LogP contribution is -2.42. The molecule has 0 bridgehead atoms. The molecule has 1 aliphatic heterocycles. The lowest BCUT2D eigenvalue weighted by molar-refractivity contribution is -0.140. The number of carbonyl (C=O) groups is 1. The number of nitrogens with two attached hydrogens (primary N) is 1. The molecule has 7 heteroatoms. The number of nitrogens with one attached hydrogen (secondary N) is 1. The van der Waals surface area contributed by atoms with Gasteiger partial charge in [-0.25, -0.2) is 9.78 Å². The maximum Gasteiger partial charge on any atom is 0.329 e. The van der Waals surface area contributed by atoms with Gasteiger partial charge in [0.25, 0.3) is 0 Å². The molecule has 1 aliphatic rings. The van der Waals surface area contributed by atoms with E-state index in [0.717, 1.165) is 0 Å². The SMILES string of the molecule is CNc1nc(N2CCC(O)C2C(=O)O)ccc1N. The Kier molecular flexibility index (Phi) is 3.24. The smallest absolute Gasteiger partial charge is 0.329 e. The first-order chi connectivity index (χ1) is 8.54. The number of hydrogen-bond donors (Lipinski definition) is 4. The Hall–Kier alpha value is -2.02. The van der Waals surface area contributed by atoms with Gasteiger partial charge in [0.2, 0.25) is 0 Å². The second kappa shape index (κ2) is 4.69. The van der Waals surface area contributed by atoms with E-state index in [4.69, 9.17) is 10.8 Å². The van der Waals surface area contributed by atoms with Crippen molar-refractivity contribution in [2.45, 2.75) is 18.6 Å². The van der Waals surface area contributed by atoms with Crippen LogP contribution < -0.4 is 16.0 Å². The molecule has 7 nitrogen and oxygen atoms in total. The Bertz CT molecular complexity index is 466. The first-order valence-electron chi connectivity index (χ1n) is 5.66. The van der Waals surface area contributed by atoms with Crippen LogP contribution >= 0.6 is 0 Å². The Morgan fingerprint density at radius 2 is 2.33 bits per heavy atom. The summed E-state index contributed by atoms with van der Waals surface area (Å²) in [6.07, 6.45) is -0.461. The van der Waals surface area contributed by atoms with Crippen molar-refractivity contribution in [2.24, 2.45) is 0 Å². The fourth-order valence-corrected chi connectivity index (χ4v) is 2.15. The van der Waals surface area contributed by atoms with Crippen LogP contribution in [-0.4, -0.2) is 46.9 Å². The first-order valence-corrected chi connectivity index (χ1v) is 5.66. The Morgan fingerprint density at radius 3 is 2.94 bits per heavy atom. The number of anilines is 3. The van der Waals surface area contributed by atoms with Crippen molar-refractivity contribution in [2.75, 3.05) is 29.5 Å². The van der Waals surface area contributed by atoms with Crippen LogP contribution in [0.5, 0.6) is 0 Å². The van der Waals surface area contributed by atoms with Crippen LogP contribution in [-0.2, 0) is 4.79 Å². The van der Waals surface area contributed by atoms with Gasteiger partial charge in [0.1, 0.15) is 5.82 Å². The molecule has 1 aromatic heterocycles. The van der Waals surface area contributed by atoms with Crippen molar-refractivity contribution in [1.82, 2.24) is 4.98 Å². The zero-order valence-electron chi connectivity index (χ0n) is 10.00. The molecule has 5 N–H and O–H groups in total. The highest BCUT2D eigenvalue weighted by Crippen LogP contribution is 2.27. The summed E-state index contributed by atoms with van der Waals surface area (Å²) < 4.78 is 0. The molecule has 2 rings (SSSR count). The third-order valence-corrected chi connectivity index (χ3v) is 3.06. The quantitative estimate of drug-likeness (QED) is 0.585. The number of aromatic nitrogens is 1. The number of nitrogens with zero attached hydrogens (tertiary/aromatic N) is 2. The zero-order valence-corrected chi connectivity index (χ0v) is 10.00. The first kappa shape index (κ1) is 12.4. The van der Waals surface area contributed by atoms with E-state index in [-0.39, 0.29) is 0 Å². The van der Waals surface area contributed by atoms with Crippen molar-refractivity contribution in [3.05, 3.63) is 12.1 Å². The summed E-state index contributed by atoms with van der Waals surface area (Å²) in [7, 11) is 1.69. The van der Waals surface area contributed by atoms with Crippen molar-refractivity contribution >= 4 is 23.3 Å². The van der Waals surface area contributed by atoms with Crippen LogP contribution in [0.15, 0.2) is 12.1 Å². The summed E-state index contributed by atoms with van der Waals surface area (Å²) in [6, 6.07) is 2.37. The summed E-state index contributed by atoms with van der Waals surface area (Å²) in [4.78, 5) is 17.0. The Labute approximate surface area is 104 Å². The van der Waals surface area contributed by atoms with Crippen molar-refractivity contribution in [3.8, 4) is 0 Å². The lowest BCUT2D eigenvalue weighted by atomic mass is 10.2. The molecule has 2 atom stereocenters. The van der Waals surface area contributed by atoms with E-state index in [1.807, 2.05) is 0 Å². The molecule has 0 aliphatic carbocycles. The predicted molar refractivity (Wildman–Crippen MR) is 67.6 cm³/mol. The number of carboxylic acid groups (broad SMARTS) is 1. The topological polar surface area (TPSA) is 112 Å². The van der Waals surface area contributed by atoms with E-state index in [9.17, 15) is 9.90 Å². The maximum absolute atomic E-state index is 11.1. The highest BCUT2D eigenvalue weighted by atomic mass is 16.4. The van der Waals surface area contributed by atoms with Crippen molar-refractivity contribution in [3.63, 3.8) is 0 Å². The van der Waals surface area contributed by atoms with Gasteiger partial charge in [-0.15, -0.1) is 0 Å². The minimum Gasteiger partial charge on any atom is -0.480 e. The molecule has 1 fully saturated rings. The number of carboxylic acids is 1. The van der Waals surface area contributed by atoms with E-state index >= 15 is 0 Å². The van der Waals surface area contributed by atoms with Gasteiger partial charge >= 0.3 is 5.97 Å². The van der Waals surface area contributed by atoms with E-state index in [1.165, 1.54) is 0 Å². The van der Waals surface area contributed by atoms with Crippen LogP contribution in [0.25, 0.3) is 0 Å². The molecule has 18 heavy (non-hydrogen) atoms. The van der Waals surface area contributed by atoms with Gasteiger partial charge < -0.3 is 26.2 Å². The highest BCUT2D eigenvalue weighted by molar-refractivity contribution is 5.80. The summed E-state index contributed by atoms with van der Waals surface area (Å²) in [5, 5.41) is 21.6. The van der Waals surface area contributed by atoms with Gasteiger partial charge in [-0.1, -0.05) is 0 Å². The molecule has 0 aromatic carbocycles. The summed E-state index contributed by atoms with van der Waals surface area (Å²) in [6.45, 7) is 0.457. The monoisotopic (exact) mass is 252 g/mol. The van der Waals surface area contributed by atoms with Crippen LogP contribution in [0.3, 0.4) is 0 Å². The number of pyridine rings is 1. The van der Waals surface area contributed by atoms with Gasteiger partial charge in [-0.05, 0) is 18.6 Å².